The second-order valence-corrected chi connectivity index (χ2v) is 3.92. The molecule has 2 aromatic rings. The van der Waals surface area contributed by atoms with Crippen LogP contribution < -0.4 is 5.32 Å². The van der Waals surface area contributed by atoms with Crippen LogP contribution in [0.4, 0.5) is 5.13 Å². The summed E-state index contributed by atoms with van der Waals surface area (Å²) in [6.07, 6.45) is 1.69. The lowest BCUT2D eigenvalue weighted by Crippen LogP contribution is -1.99. The Bertz CT molecular complexity index is 454. The van der Waals surface area contributed by atoms with Gasteiger partial charge in [-0.1, -0.05) is 0 Å². The van der Waals surface area contributed by atoms with E-state index in [1.54, 1.807) is 13.3 Å². The molecular formula is C9H12N4O2S. The van der Waals surface area contributed by atoms with E-state index in [0.717, 1.165) is 10.9 Å². The molecule has 0 spiro atoms. The van der Waals surface area contributed by atoms with Crippen LogP contribution in [0.25, 0.3) is 0 Å². The predicted octanol–water partition coefficient (Wildman–Crippen LogP) is 1.59. The zero-order valence-electron chi connectivity index (χ0n) is 9.06. The molecule has 7 heteroatoms. The maximum absolute atomic E-state index is 5.32. The molecule has 2 heterocycles. The molecule has 0 amide bonds. The number of hydrogen-bond acceptors (Lipinski definition) is 7. The van der Waals surface area contributed by atoms with Crippen molar-refractivity contribution in [3.63, 3.8) is 0 Å². The number of aryl methyl sites for hydroxylation is 1. The third-order valence-electron chi connectivity index (χ3n) is 1.80. The van der Waals surface area contributed by atoms with E-state index >= 15 is 0 Å². The third-order valence-corrected chi connectivity index (χ3v) is 2.51. The molecular weight excluding hydrogens is 228 g/mol. The van der Waals surface area contributed by atoms with Crippen LogP contribution in [-0.4, -0.2) is 21.5 Å². The standard InChI is InChI=1S/C9H12N4O2S/c1-6-3-10-8(15-6)4-11-9-12-7(5-14-2)13-16-9/h3H,4-5H2,1-2H3,(H,11,12,13). The van der Waals surface area contributed by atoms with Gasteiger partial charge in [0.05, 0.1) is 12.7 Å². The average molecular weight is 240 g/mol. The van der Waals surface area contributed by atoms with E-state index in [1.807, 2.05) is 6.92 Å². The summed E-state index contributed by atoms with van der Waals surface area (Å²) in [5.41, 5.74) is 0. The van der Waals surface area contributed by atoms with Crippen LogP contribution in [0.1, 0.15) is 17.5 Å². The van der Waals surface area contributed by atoms with Crippen molar-refractivity contribution in [2.45, 2.75) is 20.1 Å². The van der Waals surface area contributed by atoms with E-state index in [0.29, 0.717) is 24.9 Å². The Labute approximate surface area is 96.8 Å². The summed E-state index contributed by atoms with van der Waals surface area (Å²) in [5.74, 6) is 2.12. The van der Waals surface area contributed by atoms with Crippen molar-refractivity contribution in [3.05, 3.63) is 23.7 Å². The van der Waals surface area contributed by atoms with Gasteiger partial charge in [0.15, 0.2) is 5.82 Å². The van der Waals surface area contributed by atoms with E-state index in [4.69, 9.17) is 9.15 Å². The van der Waals surface area contributed by atoms with Crippen LogP contribution in [0, 0.1) is 6.92 Å². The summed E-state index contributed by atoms with van der Waals surface area (Å²) in [5, 5.41) is 3.82. The molecule has 0 aliphatic heterocycles. The van der Waals surface area contributed by atoms with Gasteiger partial charge in [-0.3, -0.25) is 0 Å². The predicted molar refractivity (Wildman–Crippen MR) is 59.2 cm³/mol. The van der Waals surface area contributed by atoms with E-state index in [-0.39, 0.29) is 0 Å². The fourth-order valence-electron chi connectivity index (χ4n) is 1.15. The summed E-state index contributed by atoms with van der Waals surface area (Å²) in [7, 11) is 1.61. The lowest BCUT2D eigenvalue weighted by molar-refractivity contribution is 0.179. The summed E-state index contributed by atoms with van der Waals surface area (Å²) in [6.45, 7) is 2.80. The molecule has 0 atom stereocenters. The number of oxazole rings is 1. The fraction of sp³-hybridized carbons (Fsp3) is 0.444. The maximum atomic E-state index is 5.32. The minimum Gasteiger partial charge on any atom is -0.444 e. The Balaban J connectivity index is 1.89. The number of nitrogens with zero attached hydrogens (tertiary/aromatic N) is 3. The van der Waals surface area contributed by atoms with Crippen molar-refractivity contribution in [2.24, 2.45) is 0 Å². The molecule has 0 bridgehead atoms. The van der Waals surface area contributed by atoms with Gasteiger partial charge in [0.1, 0.15) is 12.4 Å². The molecule has 0 aliphatic carbocycles. The first-order chi connectivity index (χ1) is 7.78. The fourth-order valence-corrected chi connectivity index (χ4v) is 1.72. The minimum absolute atomic E-state index is 0.427. The minimum atomic E-state index is 0.427. The molecule has 2 rings (SSSR count). The Hall–Kier alpha value is -1.47. The van der Waals surface area contributed by atoms with Gasteiger partial charge in [-0.2, -0.15) is 4.37 Å². The van der Waals surface area contributed by atoms with Gasteiger partial charge in [-0.25, -0.2) is 9.97 Å². The molecule has 0 fully saturated rings. The zero-order valence-corrected chi connectivity index (χ0v) is 9.87. The van der Waals surface area contributed by atoms with E-state index in [9.17, 15) is 0 Å². The molecule has 1 N–H and O–H groups in total. The van der Waals surface area contributed by atoms with Gasteiger partial charge in [0.2, 0.25) is 11.0 Å². The van der Waals surface area contributed by atoms with Crippen LogP contribution in [-0.2, 0) is 17.9 Å². The number of nitrogens with one attached hydrogen (secondary N) is 1. The molecule has 2 aromatic heterocycles. The highest BCUT2D eigenvalue weighted by atomic mass is 32.1. The highest BCUT2D eigenvalue weighted by Gasteiger charge is 2.05. The number of rotatable bonds is 5. The van der Waals surface area contributed by atoms with Crippen molar-refractivity contribution in [2.75, 3.05) is 12.4 Å². The number of anilines is 1. The normalized spacial score (nSPS) is 10.6. The smallest absolute Gasteiger partial charge is 0.213 e. The molecule has 0 aliphatic rings. The monoisotopic (exact) mass is 240 g/mol. The highest BCUT2D eigenvalue weighted by Crippen LogP contribution is 2.13. The quantitative estimate of drug-likeness (QED) is 0.855. The second-order valence-electron chi connectivity index (χ2n) is 3.17. The summed E-state index contributed by atoms with van der Waals surface area (Å²) in [4.78, 5) is 8.30. The van der Waals surface area contributed by atoms with E-state index in [1.165, 1.54) is 11.5 Å². The topological polar surface area (TPSA) is 73.1 Å². The van der Waals surface area contributed by atoms with Crippen LogP contribution in [0.15, 0.2) is 10.6 Å². The van der Waals surface area contributed by atoms with Crippen molar-refractivity contribution in [3.8, 4) is 0 Å². The SMILES string of the molecule is COCc1nsc(NCc2ncc(C)o2)n1. The lowest BCUT2D eigenvalue weighted by Gasteiger charge is -1.96. The summed E-state index contributed by atoms with van der Waals surface area (Å²) < 4.78 is 14.4. The van der Waals surface area contributed by atoms with Gasteiger partial charge in [-0.15, -0.1) is 0 Å². The van der Waals surface area contributed by atoms with Crippen LogP contribution >= 0.6 is 11.5 Å². The van der Waals surface area contributed by atoms with Gasteiger partial charge < -0.3 is 14.5 Å². The molecule has 0 saturated heterocycles. The molecule has 0 saturated carbocycles. The van der Waals surface area contributed by atoms with Gasteiger partial charge in [0, 0.05) is 18.6 Å². The average Bonchev–Trinajstić information content (AvgIpc) is 2.85. The molecule has 16 heavy (non-hydrogen) atoms. The summed E-state index contributed by atoms with van der Waals surface area (Å²) >= 11 is 1.29. The molecule has 86 valence electrons. The Morgan fingerprint density at radius 3 is 3.12 bits per heavy atom. The van der Waals surface area contributed by atoms with Crippen LogP contribution in [0.5, 0.6) is 0 Å². The Morgan fingerprint density at radius 2 is 2.44 bits per heavy atom. The number of hydrogen-bond donors (Lipinski definition) is 1. The Kier molecular flexibility index (Phi) is 3.47. The molecule has 0 aromatic carbocycles. The van der Waals surface area contributed by atoms with Crippen LogP contribution in [0.2, 0.25) is 0 Å². The van der Waals surface area contributed by atoms with E-state index < -0.39 is 0 Å². The first-order valence-corrected chi connectivity index (χ1v) is 5.52. The van der Waals surface area contributed by atoms with Crippen LogP contribution in [0.3, 0.4) is 0 Å². The van der Waals surface area contributed by atoms with E-state index in [2.05, 4.69) is 19.7 Å². The van der Waals surface area contributed by atoms with Gasteiger partial charge in [0.25, 0.3) is 0 Å². The lowest BCUT2D eigenvalue weighted by atomic mass is 10.6. The van der Waals surface area contributed by atoms with Gasteiger partial charge >= 0.3 is 0 Å². The van der Waals surface area contributed by atoms with Crippen molar-refractivity contribution in [1.82, 2.24) is 14.3 Å². The molecule has 0 unspecified atom stereocenters. The van der Waals surface area contributed by atoms with Gasteiger partial charge in [-0.05, 0) is 6.92 Å². The second kappa shape index (κ2) is 5.04. The number of methoxy groups -OCH3 is 1. The van der Waals surface area contributed by atoms with Crippen molar-refractivity contribution < 1.29 is 9.15 Å². The highest BCUT2D eigenvalue weighted by molar-refractivity contribution is 7.09. The number of aromatic nitrogens is 3. The maximum Gasteiger partial charge on any atom is 0.213 e. The largest absolute Gasteiger partial charge is 0.444 e. The van der Waals surface area contributed by atoms with Crippen molar-refractivity contribution in [1.29, 1.82) is 0 Å². The number of ether oxygens (including phenoxy) is 1. The molecule has 0 radical (unpaired) electrons. The van der Waals surface area contributed by atoms with Crippen molar-refractivity contribution >= 4 is 16.7 Å². The summed E-state index contributed by atoms with van der Waals surface area (Å²) in [6, 6.07) is 0. The first-order valence-electron chi connectivity index (χ1n) is 4.74. The Morgan fingerprint density at radius 1 is 1.56 bits per heavy atom. The molecule has 6 nitrogen and oxygen atoms in total. The first kappa shape index (κ1) is 11.0. The third kappa shape index (κ3) is 2.77. The zero-order chi connectivity index (χ0) is 11.4.